The zero-order valence-electron chi connectivity index (χ0n) is 9.39. The lowest BCUT2D eigenvalue weighted by Gasteiger charge is -2.39. The standard InChI is InChI=1S/C11H23NS/c1-9(2)7-12-10-8-13-6-5-11(10,3)4/h9-10,12H,5-8H2,1-4H3. The molecule has 0 radical (unpaired) electrons. The second-order valence-electron chi connectivity index (χ2n) is 5.17. The van der Waals surface area contributed by atoms with E-state index >= 15 is 0 Å². The zero-order chi connectivity index (χ0) is 9.90. The lowest BCUT2D eigenvalue weighted by molar-refractivity contribution is 0.240. The molecule has 1 nitrogen and oxygen atoms in total. The SMILES string of the molecule is CC(C)CNC1CSCCC1(C)C. The summed E-state index contributed by atoms with van der Waals surface area (Å²) in [5.74, 6) is 3.40. The molecule has 78 valence electrons. The van der Waals surface area contributed by atoms with Gasteiger partial charge in [-0.05, 0) is 30.1 Å². The first-order valence-corrected chi connectivity index (χ1v) is 6.49. The highest BCUT2D eigenvalue weighted by Gasteiger charge is 2.31. The Kier molecular flexibility index (Phi) is 4.11. The van der Waals surface area contributed by atoms with Crippen molar-refractivity contribution in [2.45, 2.75) is 40.2 Å². The maximum atomic E-state index is 3.69. The van der Waals surface area contributed by atoms with E-state index in [4.69, 9.17) is 0 Å². The summed E-state index contributed by atoms with van der Waals surface area (Å²) in [4.78, 5) is 0. The highest BCUT2D eigenvalue weighted by Crippen LogP contribution is 2.34. The number of nitrogens with one attached hydrogen (secondary N) is 1. The predicted octanol–water partition coefficient (Wildman–Crippen LogP) is 2.76. The molecule has 0 spiro atoms. The van der Waals surface area contributed by atoms with Gasteiger partial charge in [0.2, 0.25) is 0 Å². The second kappa shape index (κ2) is 4.70. The quantitative estimate of drug-likeness (QED) is 0.753. The molecule has 0 aromatic heterocycles. The van der Waals surface area contributed by atoms with E-state index in [1.807, 2.05) is 0 Å². The summed E-state index contributed by atoms with van der Waals surface area (Å²) < 4.78 is 0. The molecule has 1 rings (SSSR count). The normalized spacial score (nSPS) is 27.9. The first kappa shape index (κ1) is 11.4. The van der Waals surface area contributed by atoms with Crippen molar-refractivity contribution in [2.75, 3.05) is 18.1 Å². The molecule has 0 bridgehead atoms. The molecule has 1 atom stereocenters. The lowest BCUT2D eigenvalue weighted by Crippen LogP contribution is -2.47. The molecule has 1 fully saturated rings. The molecule has 0 aromatic carbocycles. The van der Waals surface area contributed by atoms with E-state index in [0.717, 1.165) is 12.5 Å². The summed E-state index contributed by atoms with van der Waals surface area (Å²) in [5, 5.41) is 3.69. The molecule has 1 N–H and O–H groups in total. The van der Waals surface area contributed by atoms with Crippen LogP contribution in [0.3, 0.4) is 0 Å². The molecule has 13 heavy (non-hydrogen) atoms. The van der Waals surface area contributed by atoms with Gasteiger partial charge in [0.15, 0.2) is 0 Å². The van der Waals surface area contributed by atoms with Crippen LogP contribution in [0.25, 0.3) is 0 Å². The van der Waals surface area contributed by atoms with Gasteiger partial charge in [-0.1, -0.05) is 27.7 Å². The van der Waals surface area contributed by atoms with Crippen molar-refractivity contribution >= 4 is 11.8 Å². The van der Waals surface area contributed by atoms with Gasteiger partial charge in [-0.15, -0.1) is 0 Å². The molecule has 0 saturated carbocycles. The van der Waals surface area contributed by atoms with Gasteiger partial charge >= 0.3 is 0 Å². The molecule has 0 aliphatic carbocycles. The van der Waals surface area contributed by atoms with Gasteiger partial charge in [0.1, 0.15) is 0 Å². The average molecular weight is 201 g/mol. The fourth-order valence-electron chi connectivity index (χ4n) is 1.65. The van der Waals surface area contributed by atoms with Crippen molar-refractivity contribution in [1.29, 1.82) is 0 Å². The monoisotopic (exact) mass is 201 g/mol. The first-order valence-electron chi connectivity index (χ1n) is 5.33. The lowest BCUT2D eigenvalue weighted by atomic mass is 9.82. The van der Waals surface area contributed by atoms with Crippen LogP contribution in [0, 0.1) is 11.3 Å². The number of hydrogen-bond donors (Lipinski definition) is 1. The van der Waals surface area contributed by atoms with Gasteiger partial charge in [0.05, 0.1) is 0 Å². The number of rotatable bonds is 3. The molecule has 1 saturated heterocycles. The van der Waals surface area contributed by atoms with E-state index in [1.54, 1.807) is 0 Å². The van der Waals surface area contributed by atoms with Crippen LogP contribution >= 0.6 is 11.8 Å². The van der Waals surface area contributed by atoms with Gasteiger partial charge in [-0.2, -0.15) is 11.8 Å². The molecule has 1 aliphatic heterocycles. The molecule has 1 unspecified atom stereocenters. The molecular weight excluding hydrogens is 178 g/mol. The largest absolute Gasteiger partial charge is 0.312 e. The average Bonchev–Trinajstić information content (AvgIpc) is 2.01. The minimum absolute atomic E-state index is 0.500. The second-order valence-corrected chi connectivity index (χ2v) is 6.32. The molecule has 1 aliphatic rings. The van der Waals surface area contributed by atoms with Gasteiger partial charge in [-0.25, -0.2) is 0 Å². The highest BCUT2D eigenvalue weighted by atomic mass is 32.2. The van der Waals surface area contributed by atoms with Crippen LogP contribution < -0.4 is 5.32 Å². The summed E-state index contributed by atoms with van der Waals surface area (Å²) in [6, 6.07) is 0.716. The van der Waals surface area contributed by atoms with Crippen molar-refractivity contribution in [2.24, 2.45) is 11.3 Å². The Labute approximate surface area is 87.1 Å². The zero-order valence-corrected chi connectivity index (χ0v) is 10.2. The van der Waals surface area contributed by atoms with E-state index in [9.17, 15) is 0 Å². The smallest absolute Gasteiger partial charge is 0.0209 e. The minimum Gasteiger partial charge on any atom is -0.312 e. The van der Waals surface area contributed by atoms with E-state index in [0.29, 0.717) is 11.5 Å². The van der Waals surface area contributed by atoms with Crippen LogP contribution in [-0.4, -0.2) is 24.1 Å². The van der Waals surface area contributed by atoms with Gasteiger partial charge in [0, 0.05) is 11.8 Å². The summed E-state index contributed by atoms with van der Waals surface area (Å²) in [6.07, 6.45) is 1.35. The van der Waals surface area contributed by atoms with Gasteiger partial charge in [0.25, 0.3) is 0 Å². The summed E-state index contributed by atoms with van der Waals surface area (Å²) in [5.41, 5.74) is 0.500. The van der Waals surface area contributed by atoms with Gasteiger partial charge < -0.3 is 5.32 Å². The molecular formula is C11H23NS. The topological polar surface area (TPSA) is 12.0 Å². The Balaban J connectivity index is 2.37. The van der Waals surface area contributed by atoms with Crippen molar-refractivity contribution in [1.82, 2.24) is 5.32 Å². The summed E-state index contributed by atoms with van der Waals surface area (Å²) in [6.45, 7) is 10.5. The maximum absolute atomic E-state index is 3.69. The van der Waals surface area contributed by atoms with Gasteiger partial charge in [-0.3, -0.25) is 0 Å². The molecule has 0 aromatic rings. The number of thioether (sulfide) groups is 1. The third-order valence-electron chi connectivity index (χ3n) is 2.89. The Morgan fingerprint density at radius 2 is 2.15 bits per heavy atom. The van der Waals surface area contributed by atoms with E-state index in [1.165, 1.54) is 17.9 Å². The summed E-state index contributed by atoms with van der Waals surface area (Å²) in [7, 11) is 0. The molecule has 2 heteroatoms. The number of hydrogen-bond acceptors (Lipinski definition) is 2. The third kappa shape index (κ3) is 3.51. The fourth-order valence-corrected chi connectivity index (χ4v) is 3.29. The minimum atomic E-state index is 0.500. The Hall–Kier alpha value is 0.310. The van der Waals surface area contributed by atoms with Crippen molar-refractivity contribution in [3.63, 3.8) is 0 Å². The Bertz CT molecular complexity index is 154. The molecule has 1 heterocycles. The molecule has 0 amide bonds. The van der Waals surface area contributed by atoms with Crippen LogP contribution in [0.4, 0.5) is 0 Å². The predicted molar refractivity (Wildman–Crippen MR) is 62.4 cm³/mol. The highest BCUT2D eigenvalue weighted by molar-refractivity contribution is 7.99. The van der Waals surface area contributed by atoms with E-state index in [2.05, 4.69) is 44.8 Å². The van der Waals surface area contributed by atoms with E-state index < -0.39 is 0 Å². The van der Waals surface area contributed by atoms with Crippen LogP contribution in [0.2, 0.25) is 0 Å². The fraction of sp³-hybridized carbons (Fsp3) is 1.00. The summed E-state index contributed by atoms with van der Waals surface area (Å²) >= 11 is 2.09. The third-order valence-corrected chi connectivity index (χ3v) is 3.95. The Morgan fingerprint density at radius 1 is 1.46 bits per heavy atom. The first-order chi connectivity index (χ1) is 6.02. The van der Waals surface area contributed by atoms with Crippen molar-refractivity contribution in [3.05, 3.63) is 0 Å². The van der Waals surface area contributed by atoms with E-state index in [-0.39, 0.29) is 0 Å². The van der Waals surface area contributed by atoms with Crippen molar-refractivity contribution < 1.29 is 0 Å². The van der Waals surface area contributed by atoms with Crippen LogP contribution in [0.5, 0.6) is 0 Å². The van der Waals surface area contributed by atoms with Crippen LogP contribution in [0.1, 0.15) is 34.1 Å². The van der Waals surface area contributed by atoms with Crippen LogP contribution in [-0.2, 0) is 0 Å². The Morgan fingerprint density at radius 3 is 2.69 bits per heavy atom. The van der Waals surface area contributed by atoms with Crippen LogP contribution in [0.15, 0.2) is 0 Å². The van der Waals surface area contributed by atoms with Crippen molar-refractivity contribution in [3.8, 4) is 0 Å². The maximum Gasteiger partial charge on any atom is 0.0209 e.